The zero-order valence-electron chi connectivity index (χ0n) is 16.7. The molecule has 0 bridgehead atoms. The maximum atomic E-state index is 13.5. The van der Waals surface area contributed by atoms with Crippen LogP contribution in [0, 0.1) is 0 Å². The van der Waals surface area contributed by atoms with Gasteiger partial charge in [-0.25, -0.2) is 13.8 Å². The number of aromatic amines is 1. The number of fused-ring (bicyclic) bond motifs is 1. The third-order valence-electron chi connectivity index (χ3n) is 5.58. The van der Waals surface area contributed by atoms with E-state index in [-0.39, 0.29) is 24.8 Å². The predicted octanol–water partition coefficient (Wildman–Crippen LogP) is 4.13. The number of hydrogen-bond donors (Lipinski definition) is 2. The molecule has 30 heavy (non-hydrogen) atoms. The number of imidazole rings is 1. The summed E-state index contributed by atoms with van der Waals surface area (Å²) in [7, 11) is 0. The topological polar surface area (TPSA) is 52.2 Å². The fraction of sp³-hybridized carbons (Fsp3) is 0.364. The largest absolute Gasteiger partial charge is 0.342 e. The number of piperidine rings is 1. The van der Waals surface area contributed by atoms with Gasteiger partial charge in [0, 0.05) is 31.0 Å². The summed E-state index contributed by atoms with van der Waals surface area (Å²) < 4.78 is 28.8. The van der Waals surface area contributed by atoms with Gasteiger partial charge >= 0.3 is 0 Å². The quantitative estimate of drug-likeness (QED) is 0.594. The summed E-state index contributed by atoms with van der Waals surface area (Å²) in [5, 5.41) is 3.59. The van der Waals surface area contributed by atoms with Gasteiger partial charge in [-0.1, -0.05) is 35.9 Å². The molecule has 5 nitrogen and oxygen atoms in total. The lowest BCUT2D eigenvalue weighted by Crippen LogP contribution is -2.40. The van der Waals surface area contributed by atoms with E-state index in [1.54, 1.807) is 6.07 Å². The van der Waals surface area contributed by atoms with Gasteiger partial charge in [0.1, 0.15) is 6.54 Å². The number of hydrogen-bond acceptors (Lipinski definition) is 2. The summed E-state index contributed by atoms with van der Waals surface area (Å²) in [5.41, 5.74) is 2.01. The molecule has 1 aliphatic rings. The highest BCUT2D eigenvalue weighted by Gasteiger charge is 2.35. The number of nitrogens with one attached hydrogen (secondary N) is 2. The molecule has 1 aliphatic heterocycles. The fourth-order valence-corrected chi connectivity index (χ4v) is 4.16. The second-order valence-electron chi connectivity index (χ2n) is 7.75. The zero-order valence-corrected chi connectivity index (χ0v) is 17.4. The maximum Gasteiger partial charge on any atom is 0.296 e. The number of nitrogens with zero attached hydrogens (tertiary/aromatic N) is 2. The molecule has 8 heteroatoms. The number of pyridine rings is 1. The van der Waals surface area contributed by atoms with Crippen molar-refractivity contribution in [3.63, 3.8) is 0 Å². The van der Waals surface area contributed by atoms with Crippen LogP contribution in [-0.4, -0.2) is 34.8 Å². The number of amides is 1. The molecule has 3 heterocycles. The van der Waals surface area contributed by atoms with Crippen LogP contribution in [0.3, 0.4) is 0 Å². The minimum absolute atomic E-state index is 0.140. The van der Waals surface area contributed by atoms with Crippen LogP contribution in [0.25, 0.3) is 5.52 Å². The van der Waals surface area contributed by atoms with Crippen molar-refractivity contribution in [1.82, 2.24) is 15.2 Å². The normalized spacial score (nSPS) is 17.7. The fourth-order valence-electron chi connectivity index (χ4n) is 3.86. The van der Waals surface area contributed by atoms with Crippen molar-refractivity contribution in [1.29, 1.82) is 0 Å². The highest BCUT2D eigenvalue weighted by Crippen LogP contribution is 2.28. The zero-order chi connectivity index (χ0) is 21.3. The minimum atomic E-state index is -2.58. The monoisotopic (exact) mass is 433 g/mol. The van der Waals surface area contributed by atoms with E-state index >= 15 is 0 Å². The molecular weight excluding hydrogens is 410 g/mol. The molecule has 0 radical (unpaired) electrons. The van der Waals surface area contributed by atoms with E-state index in [9.17, 15) is 13.6 Å². The van der Waals surface area contributed by atoms with Crippen molar-refractivity contribution in [3.8, 4) is 0 Å². The van der Waals surface area contributed by atoms with Gasteiger partial charge in [0.2, 0.25) is 5.69 Å². The SMILES string of the molecule is CC(NC(=O)c1[nH]c(CN2CCC(F)(F)CC2)[n+]2ccccc12)c1ccccc1Cl. The van der Waals surface area contributed by atoms with Gasteiger partial charge in [-0.2, -0.15) is 4.40 Å². The summed E-state index contributed by atoms with van der Waals surface area (Å²) in [6.07, 6.45) is 1.59. The van der Waals surface area contributed by atoms with Crippen LogP contribution < -0.4 is 9.72 Å². The van der Waals surface area contributed by atoms with E-state index < -0.39 is 5.92 Å². The van der Waals surface area contributed by atoms with Gasteiger partial charge in [0.25, 0.3) is 17.7 Å². The number of likely N-dealkylation sites (tertiary alicyclic amines) is 1. The van der Waals surface area contributed by atoms with Crippen molar-refractivity contribution in [3.05, 3.63) is 70.8 Å². The minimum Gasteiger partial charge on any atom is -0.342 e. The molecule has 2 N–H and O–H groups in total. The number of carbonyl (C=O) groups excluding carboxylic acids is 1. The highest BCUT2D eigenvalue weighted by molar-refractivity contribution is 6.31. The molecule has 1 aromatic carbocycles. The van der Waals surface area contributed by atoms with Crippen LogP contribution >= 0.6 is 11.6 Å². The Morgan fingerprint density at radius 3 is 2.67 bits per heavy atom. The third kappa shape index (κ3) is 4.32. The first kappa shape index (κ1) is 20.8. The average Bonchev–Trinajstić information content (AvgIpc) is 3.08. The summed E-state index contributed by atoms with van der Waals surface area (Å²) >= 11 is 6.25. The molecule has 158 valence electrons. The van der Waals surface area contributed by atoms with Gasteiger partial charge in [-0.05, 0) is 30.7 Å². The summed E-state index contributed by atoms with van der Waals surface area (Å²) in [4.78, 5) is 18.2. The Labute approximate surface area is 178 Å². The van der Waals surface area contributed by atoms with E-state index in [0.29, 0.717) is 30.4 Å². The number of benzene rings is 1. The van der Waals surface area contributed by atoms with Crippen molar-refractivity contribution in [2.75, 3.05) is 13.1 Å². The molecule has 4 rings (SSSR count). The third-order valence-corrected chi connectivity index (χ3v) is 5.93. The van der Waals surface area contributed by atoms with E-state index in [2.05, 4.69) is 10.3 Å². The first-order valence-corrected chi connectivity index (χ1v) is 10.4. The number of aromatic nitrogens is 2. The smallest absolute Gasteiger partial charge is 0.296 e. The second kappa shape index (κ2) is 8.32. The molecule has 0 aliphatic carbocycles. The van der Waals surface area contributed by atoms with Gasteiger partial charge in [-0.3, -0.25) is 9.69 Å². The summed E-state index contributed by atoms with van der Waals surface area (Å²) in [5.74, 6) is -2.05. The molecule has 1 amide bonds. The Balaban J connectivity index is 1.56. The first-order valence-electron chi connectivity index (χ1n) is 10.0. The van der Waals surface area contributed by atoms with E-state index in [0.717, 1.165) is 16.9 Å². The van der Waals surface area contributed by atoms with Gasteiger partial charge in [0.05, 0.1) is 12.2 Å². The molecule has 1 fully saturated rings. The van der Waals surface area contributed by atoms with Crippen molar-refractivity contribution in [2.45, 2.75) is 38.3 Å². The molecule has 2 aromatic heterocycles. The number of alkyl halides is 2. The van der Waals surface area contributed by atoms with Crippen LogP contribution in [-0.2, 0) is 6.54 Å². The lowest BCUT2D eigenvalue weighted by molar-refractivity contribution is -0.523. The molecule has 3 aromatic rings. The predicted molar refractivity (Wildman–Crippen MR) is 111 cm³/mol. The Morgan fingerprint density at radius 1 is 1.23 bits per heavy atom. The van der Waals surface area contributed by atoms with Gasteiger partial charge < -0.3 is 5.32 Å². The number of H-pyrrole nitrogens is 1. The van der Waals surface area contributed by atoms with Crippen LogP contribution in [0.5, 0.6) is 0 Å². The molecule has 1 unspecified atom stereocenters. The average molecular weight is 434 g/mol. The standard InChI is InChI=1S/C22H23ClF2N4O/c1-15(16-6-2-3-7-17(16)23)26-21(30)20-18-8-4-5-11-29(18)19(27-20)14-28-12-9-22(24,25)10-13-28/h2-8,11,15H,9-10,12-14H2,1H3,(H,26,30)/p+1. The number of halogens is 3. The van der Waals surface area contributed by atoms with Crippen molar-refractivity contribution < 1.29 is 18.0 Å². The van der Waals surface area contributed by atoms with E-state index in [4.69, 9.17) is 11.6 Å². The van der Waals surface area contributed by atoms with Crippen LogP contribution in [0.1, 0.15) is 47.7 Å². The molecular formula is C22H24ClF2N4O+. The number of rotatable bonds is 5. The number of carbonyl (C=O) groups is 1. The second-order valence-corrected chi connectivity index (χ2v) is 8.16. The van der Waals surface area contributed by atoms with Crippen LogP contribution in [0.4, 0.5) is 8.78 Å². The van der Waals surface area contributed by atoms with E-state index in [1.807, 2.05) is 58.8 Å². The lowest BCUT2D eigenvalue weighted by atomic mass is 10.1. The van der Waals surface area contributed by atoms with Gasteiger partial charge in [-0.15, -0.1) is 0 Å². The lowest BCUT2D eigenvalue weighted by Gasteiger charge is -2.30. The molecule has 1 saturated heterocycles. The van der Waals surface area contributed by atoms with Gasteiger partial charge in [0.15, 0.2) is 5.52 Å². The van der Waals surface area contributed by atoms with Crippen LogP contribution in [0.2, 0.25) is 5.02 Å². The van der Waals surface area contributed by atoms with Crippen LogP contribution in [0.15, 0.2) is 48.7 Å². The Morgan fingerprint density at radius 2 is 1.93 bits per heavy atom. The molecule has 0 spiro atoms. The Bertz CT molecular complexity index is 1060. The summed E-state index contributed by atoms with van der Waals surface area (Å²) in [6, 6.07) is 12.7. The maximum absolute atomic E-state index is 13.5. The van der Waals surface area contributed by atoms with Crippen molar-refractivity contribution >= 4 is 23.0 Å². The first-order chi connectivity index (χ1) is 14.3. The van der Waals surface area contributed by atoms with Crippen molar-refractivity contribution in [2.24, 2.45) is 0 Å². The molecule has 0 saturated carbocycles. The highest BCUT2D eigenvalue weighted by atomic mass is 35.5. The Hall–Kier alpha value is -2.51. The van der Waals surface area contributed by atoms with E-state index in [1.165, 1.54) is 0 Å². The Kier molecular flexibility index (Phi) is 5.75. The molecule has 1 atom stereocenters. The summed E-state index contributed by atoms with van der Waals surface area (Å²) in [6.45, 7) is 3.00.